The van der Waals surface area contributed by atoms with Crippen LogP contribution in [-0.4, -0.2) is 40.7 Å². The van der Waals surface area contributed by atoms with Gasteiger partial charge in [0, 0.05) is 61.2 Å². The molecule has 2 unspecified atom stereocenters. The maximum absolute atomic E-state index is 12.4. The number of benzene rings is 2. The Bertz CT molecular complexity index is 1050. The molecule has 0 saturated heterocycles. The number of carbonyl (C=O) groups is 2. The number of nitrogens with one attached hydrogen (secondary N) is 3. The van der Waals surface area contributed by atoms with E-state index in [0.29, 0.717) is 11.4 Å². The molecule has 0 bridgehead atoms. The Morgan fingerprint density at radius 1 is 1.15 bits per heavy atom. The molecule has 0 aliphatic carbocycles. The van der Waals surface area contributed by atoms with Crippen LogP contribution >= 0.6 is 0 Å². The molecule has 1 radical (unpaired) electrons. The fourth-order valence-electron chi connectivity index (χ4n) is 3.02. The van der Waals surface area contributed by atoms with Gasteiger partial charge >= 0.3 is 6.03 Å². The van der Waals surface area contributed by atoms with Crippen molar-refractivity contribution in [3.8, 4) is 0 Å². The molecular weight excluding hydrogens is 493 g/mol. The molecule has 8 nitrogen and oxygen atoms in total. The first-order chi connectivity index (χ1) is 15.4. The summed E-state index contributed by atoms with van der Waals surface area (Å²) in [5, 5.41) is 6.44. The first kappa shape index (κ1) is 28.5. The molecule has 3 rings (SSSR count). The van der Waals surface area contributed by atoms with Gasteiger partial charge in [-0.1, -0.05) is 32.0 Å². The zero-order chi connectivity index (χ0) is 23.7. The third kappa shape index (κ3) is 7.77. The summed E-state index contributed by atoms with van der Waals surface area (Å²) in [6.07, 6.45) is 1.38. The Morgan fingerprint density at radius 2 is 1.79 bits per heavy atom. The van der Waals surface area contributed by atoms with Gasteiger partial charge in [0.05, 0.1) is 6.04 Å². The number of aliphatic imine (C=N–C) groups is 1. The van der Waals surface area contributed by atoms with Gasteiger partial charge in [0.1, 0.15) is 0 Å². The summed E-state index contributed by atoms with van der Waals surface area (Å²) in [5.41, 5.74) is 9.11. The summed E-state index contributed by atoms with van der Waals surface area (Å²) in [6, 6.07) is 13.5. The molecule has 1 heterocycles. The molecule has 1 aromatic heterocycles. The SMILES string of the molecule is C=NC([CH2-])N([CH2-])C(=O)C(N)Cc1c[nH]c2ccc(NC(=O)Nc3ccccc3)cc12.CC.[Y]. The van der Waals surface area contributed by atoms with E-state index in [1.54, 1.807) is 24.4 Å². The smallest absolute Gasteiger partial charge is 0.323 e. The Labute approximate surface area is 220 Å². The van der Waals surface area contributed by atoms with Crippen LogP contribution in [0, 0.1) is 14.0 Å². The molecule has 0 aliphatic rings. The van der Waals surface area contributed by atoms with Crippen molar-refractivity contribution in [1.82, 2.24) is 9.88 Å². The maximum atomic E-state index is 12.4. The van der Waals surface area contributed by atoms with E-state index >= 15 is 0 Å². The molecule has 0 aliphatic heterocycles. The van der Waals surface area contributed by atoms with E-state index in [4.69, 9.17) is 5.73 Å². The molecule has 3 amide bonds. The third-order valence-corrected chi connectivity index (χ3v) is 4.67. The standard InChI is InChI=1S/C22H24N6O2.C2H6.Y/c1-14(24-2)28(3)21(29)19(23)11-15-13-25-20-10-9-17(12-18(15)20)27-22(30)26-16-7-5-4-6-8-16;1-2;/h4-10,12-14,19,25H,1-3,11,23H2,(H2,26,27,30);1-2H3;/q-2;;. The van der Waals surface area contributed by atoms with Crippen LogP contribution in [0.2, 0.25) is 0 Å². The topological polar surface area (TPSA) is 116 Å². The molecule has 0 spiro atoms. The van der Waals surface area contributed by atoms with E-state index in [1.165, 1.54) is 0 Å². The van der Waals surface area contributed by atoms with Crippen molar-refractivity contribution in [2.24, 2.45) is 10.7 Å². The van der Waals surface area contributed by atoms with Crippen molar-refractivity contribution < 1.29 is 42.3 Å². The minimum Gasteiger partial charge on any atom is -0.499 e. The number of nitrogens with zero attached hydrogens (tertiary/aromatic N) is 2. The first-order valence-electron chi connectivity index (χ1n) is 10.3. The Hall–Kier alpha value is -2.55. The van der Waals surface area contributed by atoms with Crippen LogP contribution in [0.5, 0.6) is 0 Å². The van der Waals surface area contributed by atoms with Gasteiger partial charge in [0.15, 0.2) is 0 Å². The number of aromatic nitrogens is 1. The summed E-state index contributed by atoms with van der Waals surface area (Å²) in [6.45, 7) is 11.0. The third-order valence-electron chi connectivity index (χ3n) is 4.67. The summed E-state index contributed by atoms with van der Waals surface area (Å²) in [5.74, 6) is -0.381. The van der Waals surface area contributed by atoms with Crippen LogP contribution in [0.3, 0.4) is 0 Å². The monoisotopic (exact) mass is 523 g/mol. The number of hydrogen-bond acceptors (Lipinski definition) is 4. The van der Waals surface area contributed by atoms with Crippen LogP contribution in [0.4, 0.5) is 16.2 Å². The van der Waals surface area contributed by atoms with Gasteiger partial charge in [0.2, 0.25) is 5.91 Å². The van der Waals surface area contributed by atoms with Gasteiger partial charge in [0.25, 0.3) is 0 Å². The Balaban J connectivity index is 0.00000177. The maximum Gasteiger partial charge on any atom is 0.323 e. The largest absolute Gasteiger partial charge is 0.499 e. The Kier molecular flexibility index (Phi) is 12.0. The number of carbonyl (C=O) groups excluding carboxylic acids is 2. The number of amides is 3. The second-order valence-corrected chi connectivity index (χ2v) is 6.80. The number of urea groups is 1. The second kappa shape index (κ2) is 13.9. The number of H-pyrrole nitrogens is 1. The van der Waals surface area contributed by atoms with Crippen molar-refractivity contribution in [3.05, 3.63) is 74.3 Å². The quantitative estimate of drug-likeness (QED) is 0.275. The summed E-state index contributed by atoms with van der Waals surface area (Å²) in [7, 11) is 3.65. The number of fused-ring (bicyclic) bond motifs is 1. The predicted molar refractivity (Wildman–Crippen MR) is 131 cm³/mol. The molecule has 2 aromatic carbocycles. The number of hydrogen-bond donors (Lipinski definition) is 4. The fraction of sp³-hybridized carbons (Fsp3) is 0.208. The van der Waals surface area contributed by atoms with Gasteiger partial charge in [-0.25, -0.2) is 4.79 Å². The molecule has 0 fully saturated rings. The summed E-state index contributed by atoms with van der Waals surface area (Å²) >= 11 is 0. The average Bonchev–Trinajstić information content (AvgIpc) is 3.21. The van der Waals surface area contributed by atoms with Crippen molar-refractivity contribution >= 4 is 40.9 Å². The van der Waals surface area contributed by atoms with E-state index in [9.17, 15) is 9.59 Å². The van der Waals surface area contributed by atoms with Gasteiger partial charge in [-0.15, -0.1) is 0 Å². The van der Waals surface area contributed by atoms with Crippen LogP contribution in [-0.2, 0) is 43.9 Å². The van der Waals surface area contributed by atoms with Crippen LogP contribution < -0.4 is 16.4 Å². The molecule has 5 N–H and O–H groups in total. The summed E-state index contributed by atoms with van der Waals surface area (Å²) in [4.78, 5) is 32.6. The van der Waals surface area contributed by atoms with Crippen LogP contribution in [0.1, 0.15) is 19.4 Å². The molecule has 3 aromatic rings. The minimum absolute atomic E-state index is 0. The average molecular weight is 523 g/mol. The van der Waals surface area contributed by atoms with Crippen molar-refractivity contribution in [3.63, 3.8) is 0 Å². The van der Waals surface area contributed by atoms with Crippen LogP contribution in [0.25, 0.3) is 10.9 Å². The molecule has 33 heavy (non-hydrogen) atoms. The molecule has 9 heteroatoms. The van der Waals surface area contributed by atoms with E-state index in [-0.39, 0.29) is 51.1 Å². The van der Waals surface area contributed by atoms with Crippen molar-refractivity contribution in [2.75, 3.05) is 10.6 Å². The predicted octanol–water partition coefficient (Wildman–Crippen LogP) is 4.19. The second-order valence-electron chi connectivity index (χ2n) is 6.80. The Morgan fingerprint density at radius 3 is 2.42 bits per heavy atom. The van der Waals surface area contributed by atoms with E-state index < -0.39 is 12.2 Å². The van der Waals surface area contributed by atoms with Gasteiger partial charge in [-0.05, 0) is 55.2 Å². The number of para-hydroxylation sites is 1. The van der Waals surface area contributed by atoms with Crippen molar-refractivity contribution in [2.45, 2.75) is 32.5 Å². The molecule has 2 atom stereocenters. The number of nitrogens with two attached hydrogens (primary N) is 1. The molecule has 173 valence electrons. The van der Waals surface area contributed by atoms with Gasteiger partial charge < -0.3 is 38.2 Å². The van der Waals surface area contributed by atoms with Gasteiger partial charge in [-0.3, -0.25) is 11.8 Å². The first-order valence-corrected chi connectivity index (χ1v) is 10.3. The normalized spacial score (nSPS) is 11.8. The van der Waals surface area contributed by atoms with Crippen molar-refractivity contribution in [1.29, 1.82) is 0 Å². The zero-order valence-corrected chi connectivity index (χ0v) is 21.9. The minimum atomic E-state index is -0.814. The van der Waals surface area contributed by atoms with Crippen LogP contribution in [0.15, 0.2) is 59.7 Å². The number of aromatic amines is 1. The summed E-state index contributed by atoms with van der Waals surface area (Å²) < 4.78 is 0. The van der Waals surface area contributed by atoms with E-state index in [1.807, 2.05) is 44.2 Å². The number of rotatable bonds is 7. The fourth-order valence-corrected chi connectivity index (χ4v) is 3.02. The van der Waals surface area contributed by atoms with E-state index in [0.717, 1.165) is 21.4 Å². The van der Waals surface area contributed by atoms with E-state index in [2.05, 4.69) is 41.3 Å². The zero-order valence-electron chi connectivity index (χ0n) is 19.0. The number of anilines is 2. The van der Waals surface area contributed by atoms with Gasteiger partial charge in [-0.2, -0.15) is 0 Å². The molecular formula is C24H30N6O2Y-2. The molecule has 0 saturated carbocycles.